The molecule has 1 N–H and O–H groups in total. The van der Waals surface area contributed by atoms with E-state index in [0.29, 0.717) is 6.61 Å². The smallest absolute Gasteiger partial charge is 0.142 e. The molecular formula is C17H19NO2. The van der Waals surface area contributed by atoms with Gasteiger partial charge in [-0.1, -0.05) is 30.3 Å². The lowest BCUT2D eigenvalue weighted by molar-refractivity contribution is 0.204. The van der Waals surface area contributed by atoms with E-state index in [4.69, 9.17) is 9.47 Å². The summed E-state index contributed by atoms with van der Waals surface area (Å²) in [6.45, 7) is 3.51. The third-order valence-corrected chi connectivity index (χ3v) is 3.42. The second-order valence-corrected chi connectivity index (χ2v) is 4.86. The molecular weight excluding hydrogens is 250 g/mol. The van der Waals surface area contributed by atoms with E-state index in [1.54, 1.807) is 0 Å². The summed E-state index contributed by atoms with van der Waals surface area (Å²) in [5, 5.41) is 3.42. The molecule has 1 atom stereocenters. The van der Waals surface area contributed by atoms with Crippen LogP contribution in [0.5, 0.6) is 11.5 Å². The molecule has 3 heteroatoms. The van der Waals surface area contributed by atoms with E-state index in [9.17, 15) is 0 Å². The zero-order valence-electron chi connectivity index (χ0n) is 11.6. The van der Waals surface area contributed by atoms with Gasteiger partial charge < -0.3 is 14.8 Å². The largest absolute Gasteiger partial charge is 0.494 e. The number of anilines is 1. The molecule has 2 aromatic rings. The Morgan fingerprint density at radius 3 is 2.85 bits per heavy atom. The Bertz CT molecular complexity index is 583. The van der Waals surface area contributed by atoms with Gasteiger partial charge in [0.25, 0.3) is 0 Å². The van der Waals surface area contributed by atoms with Gasteiger partial charge in [0, 0.05) is 6.42 Å². The van der Waals surface area contributed by atoms with Crippen LogP contribution in [-0.2, 0) is 6.42 Å². The number of benzene rings is 2. The van der Waals surface area contributed by atoms with Crippen LogP contribution in [0.4, 0.5) is 5.69 Å². The van der Waals surface area contributed by atoms with Crippen LogP contribution in [0.15, 0.2) is 48.5 Å². The fraction of sp³-hybridized carbons (Fsp3) is 0.294. The van der Waals surface area contributed by atoms with Crippen molar-refractivity contribution in [2.75, 3.05) is 18.5 Å². The van der Waals surface area contributed by atoms with Crippen molar-refractivity contribution in [3.05, 3.63) is 54.1 Å². The molecule has 0 radical (unpaired) electrons. The number of para-hydroxylation sites is 3. The van der Waals surface area contributed by atoms with E-state index in [0.717, 1.165) is 30.2 Å². The van der Waals surface area contributed by atoms with Crippen molar-refractivity contribution in [3.63, 3.8) is 0 Å². The lowest BCUT2D eigenvalue weighted by Crippen LogP contribution is -2.32. The zero-order chi connectivity index (χ0) is 13.8. The van der Waals surface area contributed by atoms with E-state index in [1.165, 1.54) is 5.56 Å². The minimum Gasteiger partial charge on any atom is -0.494 e. The fourth-order valence-corrected chi connectivity index (χ4v) is 2.49. The van der Waals surface area contributed by atoms with Crippen molar-refractivity contribution in [1.82, 2.24) is 0 Å². The van der Waals surface area contributed by atoms with Gasteiger partial charge in [-0.2, -0.15) is 0 Å². The Morgan fingerprint density at radius 2 is 1.95 bits per heavy atom. The summed E-state index contributed by atoms with van der Waals surface area (Å²) in [6.07, 6.45) is 0.976. The van der Waals surface area contributed by atoms with Crippen molar-refractivity contribution in [2.24, 2.45) is 0 Å². The molecule has 0 spiro atoms. The second kappa shape index (κ2) is 5.87. The number of rotatable bonds is 4. The highest BCUT2D eigenvalue weighted by Gasteiger charge is 2.20. The lowest BCUT2D eigenvalue weighted by Gasteiger charge is -2.27. The predicted octanol–water partition coefficient (Wildman–Crippen LogP) is 3.50. The number of hydrogen-bond acceptors (Lipinski definition) is 3. The SMILES string of the molecule is CCOc1ccccc1CC1CNc2ccccc2O1. The van der Waals surface area contributed by atoms with Gasteiger partial charge in [0.2, 0.25) is 0 Å². The van der Waals surface area contributed by atoms with Crippen molar-refractivity contribution in [1.29, 1.82) is 0 Å². The van der Waals surface area contributed by atoms with Crippen LogP contribution in [0.2, 0.25) is 0 Å². The molecule has 104 valence electrons. The first kappa shape index (κ1) is 12.9. The first-order valence-corrected chi connectivity index (χ1v) is 7.07. The molecule has 0 fully saturated rings. The lowest BCUT2D eigenvalue weighted by atomic mass is 10.1. The van der Waals surface area contributed by atoms with Crippen LogP contribution >= 0.6 is 0 Å². The molecule has 0 saturated heterocycles. The molecule has 2 aromatic carbocycles. The van der Waals surface area contributed by atoms with E-state index in [-0.39, 0.29) is 6.10 Å². The summed E-state index contributed by atoms with van der Waals surface area (Å²) < 4.78 is 11.7. The first-order chi connectivity index (χ1) is 9.86. The highest BCUT2D eigenvalue weighted by molar-refractivity contribution is 5.57. The molecule has 0 aromatic heterocycles. The molecule has 1 aliphatic heterocycles. The van der Waals surface area contributed by atoms with Crippen LogP contribution < -0.4 is 14.8 Å². The van der Waals surface area contributed by atoms with Crippen molar-refractivity contribution >= 4 is 5.69 Å². The van der Waals surface area contributed by atoms with Gasteiger partial charge in [-0.3, -0.25) is 0 Å². The molecule has 0 bridgehead atoms. The zero-order valence-corrected chi connectivity index (χ0v) is 11.6. The Labute approximate surface area is 119 Å². The van der Waals surface area contributed by atoms with E-state index < -0.39 is 0 Å². The molecule has 1 unspecified atom stereocenters. The quantitative estimate of drug-likeness (QED) is 0.921. The van der Waals surface area contributed by atoms with Gasteiger partial charge in [-0.25, -0.2) is 0 Å². The van der Waals surface area contributed by atoms with Crippen molar-refractivity contribution < 1.29 is 9.47 Å². The van der Waals surface area contributed by atoms with E-state index >= 15 is 0 Å². The van der Waals surface area contributed by atoms with Gasteiger partial charge in [0.15, 0.2) is 0 Å². The average Bonchev–Trinajstić information content (AvgIpc) is 2.49. The summed E-state index contributed by atoms with van der Waals surface area (Å²) in [7, 11) is 0. The maximum Gasteiger partial charge on any atom is 0.142 e. The van der Waals surface area contributed by atoms with Gasteiger partial charge in [0.05, 0.1) is 18.8 Å². The van der Waals surface area contributed by atoms with Crippen molar-refractivity contribution in [3.8, 4) is 11.5 Å². The normalized spacial score (nSPS) is 16.8. The van der Waals surface area contributed by atoms with Gasteiger partial charge in [-0.05, 0) is 30.7 Å². The Hall–Kier alpha value is -2.16. The Kier molecular flexibility index (Phi) is 3.77. The van der Waals surface area contributed by atoms with Crippen LogP contribution in [0.25, 0.3) is 0 Å². The molecule has 0 saturated carbocycles. The van der Waals surface area contributed by atoms with Crippen LogP contribution in [0.3, 0.4) is 0 Å². The van der Waals surface area contributed by atoms with Gasteiger partial charge in [-0.15, -0.1) is 0 Å². The van der Waals surface area contributed by atoms with Crippen LogP contribution in [0, 0.1) is 0 Å². The Morgan fingerprint density at radius 1 is 1.15 bits per heavy atom. The van der Waals surface area contributed by atoms with Gasteiger partial charge >= 0.3 is 0 Å². The predicted molar refractivity (Wildman–Crippen MR) is 80.7 cm³/mol. The standard InChI is InChI=1S/C17H19NO2/c1-2-19-16-9-5-3-7-13(16)11-14-12-18-15-8-4-6-10-17(15)20-14/h3-10,14,18H,2,11-12H2,1H3. The highest BCUT2D eigenvalue weighted by Crippen LogP contribution is 2.30. The van der Waals surface area contributed by atoms with Crippen LogP contribution in [-0.4, -0.2) is 19.3 Å². The third-order valence-electron chi connectivity index (χ3n) is 3.42. The molecule has 20 heavy (non-hydrogen) atoms. The highest BCUT2D eigenvalue weighted by atomic mass is 16.5. The first-order valence-electron chi connectivity index (χ1n) is 7.07. The maximum atomic E-state index is 6.05. The van der Waals surface area contributed by atoms with Gasteiger partial charge in [0.1, 0.15) is 17.6 Å². The summed E-state index contributed by atoms with van der Waals surface area (Å²) in [6, 6.07) is 16.2. The topological polar surface area (TPSA) is 30.5 Å². The van der Waals surface area contributed by atoms with E-state index in [1.807, 2.05) is 49.4 Å². The fourth-order valence-electron chi connectivity index (χ4n) is 2.49. The Balaban J connectivity index is 1.74. The molecule has 3 nitrogen and oxygen atoms in total. The minimum atomic E-state index is 0.131. The minimum absolute atomic E-state index is 0.131. The number of ether oxygens (including phenoxy) is 2. The second-order valence-electron chi connectivity index (χ2n) is 4.86. The number of nitrogens with one attached hydrogen (secondary N) is 1. The summed E-state index contributed by atoms with van der Waals surface area (Å²) in [5.74, 6) is 1.88. The molecule has 1 aliphatic rings. The van der Waals surface area contributed by atoms with Crippen molar-refractivity contribution in [2.45, 2.75) is 19.4 Å². The maximum absolute atomic E-state index is 6.05. The van der Waals surface area contributed by atoms with E-state index in [2.05, 4.69) is 11.4 Å². The number of fused-ring (bicyclic) bond motifs is 1. The summed E-state index contributed by atoms with van der Waals surface area (Å²) in [5.41, 5.74) is 2.27. The molecule has 0 amide bonds. The average molecular weight is 269 g/mol. The monoisotopic (exact) mass is 269 g/mol. The summed E-state index contributed by atoms with van der Waals surface area (Å²) in [4.78, 5) is 0. The third kappa shape index (κ3) is 2.72. The number of hydrogen-bond donors (Lipinski definition) is 1. The van der Waals surface area contributed by atoms with Crippen LogP contribution in [0.1, 0.15) is 12.5 Å². The molecule has 1 heterocycles. The summed E-state index contributed by atoms with van der Waals surface area (Å²) >= 11 is 0. The molecule has 3 rings (SSSR count). The molecule has 0 aliphatic carbocycles.